The van der Waals surface area contributed by atoms with Crippen LogP contribution in [0.25, 0.3) is 0 Å². The average Bonchev–Trinajstić information content (AvgIpc) is 2.99. The molecule has 1 N–H and O–H groups in total. The fourth-order valence-electron chi connectivity index (χ4n) is 4.66. The van der Waals surface area contributed by atoms with E-state index in [4.69, 9.17) is 11.6 Å². The minimum absolute atomic E-state index is 0.0139. The van der Waals surface area contributed by atoms with E-state index in [0.29, 0.717) is 10.6 Å². The fourth-order valence-corrected chi connectivity index (χ4v) is 6.39. The molecule has 4 aromatic carbocycles. The van der Waals surface area contributed by atoms with Gasteiger partial charge < -0.3 is 10.2 Å². The number of likely N-dealkylation sites (N-methyl/N-ethyl adjacent to an activating group) is 1. The SMILES string of the molecule is CNC(=O)[C@@H](Cc1ccccc1)N(Cc1ccccc1F)C(=O)CN(c1ccc(Cl)cc1C)S(=O)(=O)c1ccccc1. The van der Waals surface area contributed by atoms with E-state index < -0.39 is 40.2 Å². The number of hydrogen-bond donors (Lipinski definition) is 1. The zero-order valence-electron chi connectivity index (χ0n) is 23.2. The fraction of sp³-hybridized carbons (Fsp3) is 0.188. The molecule has 0 fully saturated rings. The van der Waals surface area contributed by atoms with Gasteiger partial charge in [-0.25, -0.2) is 12.8 Å². The van der Waals surface area contributed by atoms with E-state index in [0.717, 1.165) is 9.87 Å². The second kappa shape index (κ2) is 13.6. The number of halogens is 2. The molecule has 0 aliphatic carbocycles. The van der Waals surface area contributed by atoms with Gasteiger partial charge in [-0.1, -0.05) is 78.3 Å². The lowest BCUT2D eigenvalue weighted by molar-refractivity contribution is -0.139. The molecule has 0 aromatic heterocycles. The van der Waals surface area contributed by atoms with Crippen LogP contribution in [0.5, 0.6) is 0 Å². The standard InChI is InChI=1S/C32H31ClFN3O4S/c1-23-19-26(33)17-18-29(23)37(42(40,41)27-14-7-4-8-15-27)22-31(38)36(21-25-13-9-10-16-28(25)34)30(32(39)35-2)20-24-11-5-3-6-12-24/h3-19,30H,20-22H2,1-2H3,(H,35,39)/t30-/m1/s1. The summed E-state index contributed by atoms with van der Waals surface area (Å²) in [5.74, 6) is -1.70. The van der Waals surface area contributed by atoms with Crippen LogP contribution >= 0.6 is 11.6 Å². The summed E-state index contributed by atoms with van der Waals surface area (Å²) in [5.41, 5.74) is 1.75. The molecule has 0 aliphatic rings. The van der Waals surface area contributed by atoms with Crippen LogP contribution in [0.2, 0.25) is 5.02 Å². The van der Waals surface area contributed by atoms with Gasteiger partial charge in [-0.3, -0.25) is 13.9 Å². The maximum Gasteiger partial charge on any atom is 0.264 e. The molecule has 4 aromatic rings. The van der Waals surface area contributed by atoms with Gasteiger partial charge in [0, 0.05) is 30.6 Å². The Bertz CT molecular complexity index is 1650. The second-order valence-electron chi connectivity index (χ2n) is 9.69. The van der Waals surface area contributed by atoms with Gasteiger partial charge in [0.25, 0.3) is 10.0 Å². The highest BCUT2D eigenvalue weighted by Gasteiger charge is 2.35. The van der Waals surface area contributed by atoms with Gasteiger partial charge in [0.2, 0.25) is 11.8 Å². The third kappa shape index (κ3) is 7.16. The van der Waals surface area contributed by atoms with Crippen molar-refractivity contribution < 1.29 is 22.4 Å². The number of amides is 2. The molecule has 7 nitrogen and oxygen atoms in total. The van der Waals surface area contributed by atoms with Gasteiger partial charge in [-0.2, -0.15) is 0 Å². The van der Waals surface area contributed by atoms with Crippen molar-refractivity contribution in [1.29, 1.82) is 0 Å². The molecule has 0 heterocycles. The first-order valence-electron chi connectivity index (χ1n) is 13.2. The van der Waals surface area contributed by atoms with E-state index >= 15 is 0 Å². The van der Waals surface area contributed by atoms with Crippen LogP contribution in [0, 0.1) is 12.7 Å². The Labute approximate surface area is 250 Å². The van der Waals surface area contributed by atoms with Crippen LogP contribution in [-0.4, -0.2) is 44.8 Å². The molecule has 1 atom stereocenters. The molecule has 10 heteroatoms. The summed E-state index contributed by atoms with van der Waals surface area (Å²) in [6.07, 6.45) is 0.131. The second-order valence-corrected chi connectivity index (χ2v) is 12.0. The Morgan fingerprint density at radius 3 is 2.14 bits per heavy atom. The van der Waals surface area contributed by atoms with Crippen molar-refractivity contribution in [3.63, 3.8) is 0 Å². The van der Waals surface area contributed by atoms with E-state index in [1.54, 1.807) is 43.3 Å². The third-order valence-electron chi connectivity index (χ3n) is 6.85. The summed E-state index contributed by atoms with van der Waals surface area (Å²) >= 11 is 6.16. The first-order chi connectivity index (χ1) is 20.1. The smallest absolute Gasteiger partial charge is 0.264 e. The molecule has 0 aliphatic heterocycles. The van der Waals surface area contributed by atoms with Gasteiger partial charge in [0.05, 0.1) is 10.6 Å². The Hall–Kier alpha value is -4.21. The summed E-state index contributed by atoms with van der Waals surface area (Å²) < 4.78 is 43.8. The highest BCUT2D eigenvalue weighted by molar-refractivity contribution is 7.92. The quantitative estimate of drug-likeness (QED) is 0.248. The van der Waals surface area contributed by atoms with E-state index in [-0.39, 0.29) is 29.1 Å². The van der Waals surface area contributed by atoms with Gasteiger partial charge in [-0.05, 0) is 54.4 Å². The lowest BCUT2D eigenvalue weighted by atomic mass is 10.0. The lowest BCUT2D eigenvalue weighted by Gasteiger charge is -2.34. The number of anilines is 1. The monoisotopic (exact) mass is 607 g/mol. The maximum atomic E-state index is 14.9. The number of carbonyl (C=O) groups excluding carboxylic acids is 2. The predicted molar refractivity (Wildman–Crippen MR) is 162 cm³/mol. The van der Waals surface area contributed by atoms with E-state index in [2.05, 4.69) is 5.32 Å². The Balaban J connectivity index is 1.81. The normalized spacial score (nSPS) is 11.9. The number of hydrogen-bond acceptors (Lipinski definition) is 4. The van der Waals surface area contributed by atoms with E-state index in [9.17, 15) is 22.4 Å². The molecular formula is C32H31ClFN3O4S. The highest BCUT2D eigenvalue weighted by atomic mass is 35.5. The summed E-state index contributed by atoms with van der Waals surface area (Å²) in [4.78, 5) is 28.7. The average molecular weight is 608 g/mol. The Morgan fingerprint density at radius 1 is 0.905 bits per heavy atom. The summed E-state index contributed by atoms with van der Waals surface area (Å²) in [7, 11) is -2.79. The van der Waals surface area contributed by atoms with Crippen molar-refractivity contribution in [2.45, 2.75) is 30.8 Å². The largest absolute Gasteiger partial charge is 0.357 e. The molecule has 0 unspecified atom stereocenters. The number of benzene rings is 4. The van der Waals surface area contributed by atoms with Crippen molar-refractivity contribution in [3.8, 4) is 0 Å². The lowest BCUT2D eigenvalue weighted by Crippen LogP contribution is -2.53. The maximum absolute atomic E-state index is 14.9. The van der Waals surface area contributed by atoms with Crippen LogP contribution in [-0.2, 0) is 32.6 Å². The van der Waals surface area contributed by atoms with Crippen molar-refractivity contribution in [2.24, 2.45) is 0 Å². The molecule has 0 saturated carbocycles. The predicted octanol–water partition coefficient (Wildman–Crippen LogP) is 5.37. The first-order valence-corrected chi connectivity index (χ1v) is 15.1. The minimum atomic E-state index is -4.24. The third-order valence-corrected chi connectivity index (χ3v) is 8.86. The zero-order chi connectivity index (χ0) is 30.3. The van der Waals surface area contributed by atoms with Crippen LogP contribution < -0.4 is 9.62 Å². The zero-order valence-corrected chi connectivity index (χ0v) is 24.8. The van der Waals surface area contributed by atoms with Crippen LogP contribution in [0.1, 0.15) is 16.7 Å². The molecule has 0 spiro atoms. The molecule has 0 saturated heterocycles. The molecule has 218 valence electrons. The van der Waals surface area contributed by atoms with Crippen molar-refractivity contribution in [1.82, 2.24) is 10.2 Å². The first kappa shape index (κ1) is 30.7. The van der Waals surface area contributed by atoms with Crippen molar-refractivity contribution in [2.75, 3.05) is 17.9 Å². The van der Waals surface area contributed by atoms with Gasteiger partial charge in [0.15, 0.2) is 0 Å². The topological polar surface area (TPSA) is 86.8 Å². The van der Waals surface area contributed by atoms with Gasteiger partial charge >= 0.3 is 0 Å². The summed E-state index contributed by atoms with van der Waals surface area (Å²) in [5, 5.41) is 3.01. The Morgan fingerprint density at radius 2 is 1.52 bits per heavy atom. The molecular weight excluding hydrogens is 577 g/mol. The molecule has 42 heavy (non-hydrogen) atoms. The number of aryl methyl sites for hydroxylation is 1. The summed E-state index contributed by atoms with van der Waals surface area (Å²) in [6.45, 7) is 0.796. The number of sulfonamides is 1. The highest BCUT2D eigenvalue weighted by Crippen LogP contribution is 2.29. The van der Waals surface area contributed by atoms with Gasteiger partial charge in [-0.15, -0.1) is 0 Å². The Kier molecular flexibility index (Phi) is 9.98. The summed E-state index contributed by atoms with van der Waals surface area (Å²) in [6, 6.07) is 26.5. The number of nitrogens with one attached hydrogen (secondary N) is 1. The number of rotatable bonds is 11. The van der Waals surface area contributed by atoms with E-state index in [1.165, 1.54) is 48.3 Å². The number of carbonyl (C=O) groups is 2. The van der Waals surface area contributed by atoms with Crippen molar-refractivity contribution in [3.05, 3.63) is 131 Å². The number of nitrogens with zero attached hydrogens (tertiary/aromatic N) is 2. The van der Waals surface area contributed by atoms with Crippen LogP contribution in [0.15, 0.2) is 108 Å². The molecule has 0 bridgehead atoms. The molecule has 2 amide bonds. The molecule has 0 radical (unpaired) electrons. The minimum Gasteiger partial charge on any atom is -0.357 e. The van der Waals surface area contributed by atoms with Crippen LogP contribution in [0.4, 0.5) is 10.1 Å². The van der Waals surface area contributed by atoms with E-state index in [1.807, 2.05) is 30.3 Å². The molecule has 4 rings (SSSR count). The van der Waals surface area contributed by atoms with Gasteiger partial charge in [0.1, 0.15) is 18.4 Å². The van der Waals surface area contributed by atoms with Crippen molar-refractivity contribution >= 4 is 39.1 Å². The van der Waals surface area contributed by atoms with Crippen LogP contribution in [0.3, 0.4) is 0 Å².